The summed E-state index contributed by atoms with van der Waals surface area (Å²) in [5, 5.41) is 2.97. The van der Waals surface area contributed by atoms with Crippen LogP contribution in [-0.2, 0) is 11.3 Å². The molecule has 1 heterocycles. The van der Waals surface area contributed by atoms with Gasteiger partial charge in [-0.3, -0.25) is 14.2 Å². The van der Waals surface area contributed by atoms with Gasteiger partial charge in [0.05, 0.1) is 12.0 Å². The molecule has 1 fully saturated rings. The van der Waals surface area contributed by atoms with E-state index in [2.05, 4.69) is 34.6 Å². The van der Waals surface area contributed by atoms with Gasteiger partial charge in [-0.1, -0.05) is 73.5 Å². The third-order valence-electron chi connectivity index (χ3n) is 6.14. The fourth-order valence-electron chi connectivity index (χ4n) is 4.42. The molecule has 0 saturated heterocycles. The first-order valence-corrected chi connectivity index (χ1v) is 11.1. The normalized spacial score (nSPS) is 14.1. The van der Waals surface area contributed by atoms with Crippen LogP contribution in [0.4, 0.5) is 0 Å². The minimum absolute atomic E-state index is 0.00233. The number of benzene rings is 2. The lowest BCUT2D eigenvalue weighted by Crippen LogP contribution is -2.32. The highest BCUT2D eigenvalue weighted by atomic mass is 16.1. The van der Waals surface area contributed by atoms with Crippen molar-refractivity contribution in [2.45, 2.75) is 50.5 Å². The predicted molar refractivity (Wildman–Crippen MR) is 122 cm³/mol. The Morgan fingerprint density at radius 1 is 1.00 bits per heavy atom. The maximum atomic E-state index is 12.7. The van der Waals surface area contributed by atoms with Gasteiger partial charge in [-0.25, -0.2) is 4.98 Å². The van der Waals surface area contributed by atoms with Gasteiger partial charge in [0.15, 0.2) is 0 Å². The molecule has 2 aromatic carbocycles. The molecule has 31 heavy (non-hydrogen) atoms. The maximum Gasteiger partial charge on any atom is 0.253 e. The summed E-state index contributed by atoms with van der Waals surface area (Å²) in [5.74, 6) is 0.397. The molecule has 0 aliphatic heterocycles. The van der Waals surface area contributed by atoms with E-state index >= 15 is 0 Å². The summed E-state index contributed by atoms with van der Waals surface area (Å²) in [5.41, 5.74) is 3.10. The van der Waals surface area contributed by atoms with E-state index in [-0.39, 0.29) is 17.4 Å². The van der Waals surface area contributed by atoms with Crippen molar-refractivity contribution in [3.05, 3.63) is 100 Å². The van der Waals surface area contributed by atoms with Gasteiger partial charge in [0.2, 0.25) is 5.91 Å². The van der Waals surface area contributed by atoms with Crippen LogP contribution in [-0.4, -0.2) is 22.0 Å². The third kappa shape index (κ3) is 5.48. The quantitative estimate of drug-likeness (QED) is 0.599. The summed E-state index contributed by atoms with van der Waals surface area (Å²) in [6, 6.07) is 21.9. The molecule has 1 saturated carbocycles. The summed E-state index contributed by atoms with van der Waals surface area (Å²) in [4.78, 5) is 29.6. The molecule has 0 bridgehead atoms. The molecule has 1 aliphatic carbocycles. The molecule has 0 unspecified atom stereocenters. The van der Waals surface area contributed by atoms with Crippen LogP contribution < -0.4 is 10.9 Å². The molecular weight excluding hydrogens is 386 g/mol. The van der Waals surface area contributed by atoms with Gasteiger partial charge < -0.3 is 5.32 Å². The molecule has 0 atom stereocenters. The van der Waals surface area contributed by atoms with Gasteiger partial charge in [0.25, 0.3) is 5.56 Å². The minimum Gasteiger partial charge on any atom is -0.354 e. The third-order valence-corrected chi connectivity index (χ3v) is 6.14. The lowest BCUT2D eigenvalue weighted by Gasteiger charge is -2.18. The monoisotopic (exact) mass is 415 g/mol. The predicted octanol–water partition coefficient (Wildman–Crippen LogP) is 4.24. The van der Waals surface area contributed by atoms with Crippen LogP contribution in [0.2, 0.25) is 0 Å². The second kappa shape index (κ2) is 10.2. The van der Waals surface area contributed by atoms with E-state index in [1.54, 1.807) is 17.0 Å². The molecule has 0 spiro atoms. The van der Waals surface area contributed by atoms with E-state index in [0.29, 0.717) is 25.4 Å². The minimum atomic E-state index is -0.0439. The Bertz CT molecular complexity index is 1000. The van der Waals surface area contributed by atoms with Crippen molar-refractivity contribution in [2.75, 3.05) is 6.54 Å². The van der Waals surface area contributed by atoms with Gasteiger partial charge in [0, 0.05) is 37.4 Å². The van der Waals surface area contributed by atoms with E-state index < -0.39 is 0 Å². The summed E-state index contributed by atoms with van der Waals surface area (Å²) in [6.45, 7) is 0.823. The lowest BCUT2D eigenvalue weighted by molar-refractivity contribution is -0.121. The highest BCUT2D eigenvalue weighted by Crippen LogP contribution is 2.32. The van der Waals surface area contributed by atoms with Crippen LogP contribution in [0, 0.1) is 0 Å². The summed E-state index contributed by atoms with van der Waals surface area (Å²) >= 11 is 0. The van der Waals surface area contributed by atoms with E-state index in [1.165, 1.54) is 12.8 Å². The number of aromatic nitrogens is 2. The van der Waals surface area contributed by atoms with Gasteiger partial charge in [0.1, 0.15) is 0 Å². The average Bonchev–Trinajstić information content (AvgIpc) is 3.35. The Hall–Kier alpha value is -3.21. The lowest BCUT2D eigenvalue weighted by atomic mass is 9.88. The van der Waals surface area contributed by atoms with Crippen molar-refractivity contribution in [3.8, 4) is 0 Å². The number of carbonyl (C=O) groups excluding carboxylic acids is 1. The average molecular weight is 416 g/mol. The van der Waals surface area contributed by atoms with Crippen LogP contribution in [0.5, 0.6) is 0 Å². The molecule has 0 radical (unpaired) electrons. The topological polar surface area (TPSA) is 64.0 Å². The number of amides is 1. The molecule has 5 nitrogen and oxygen atoms in total. The van der Waals surface area contributed by atoms with Crippen molar-refractivity contribution in [1.82, 2.24) is 14.9 Å². The fourth-order valence-corrected chi connectivity index (χ4v) is 4.42. The zero-order valence-corrected chi connectivity index (χ0v) is 17.7. The number of hydrogen-bond donors (Lipinski definition) is 1. The van der Waals surface area contributed by atoms with Crippen LogP contribution in [0.1, 0.15) is 60.8 Å². The zero-order chi connectivity index (χ0) is 21.5. The molecule has 1 amide bonds. The first kappa shape index (κ1) is 21.0. The summed E-state index contributed by atoms with van der Waals surface area (Å²) in [6.07, 6.45) is 6.66. The zero-order valence-electron chi connectivity index (χ0n) is 17.7. The van der Waals surface area contributed by atoms with Crippen LogP contribution in [0.25, 0.3) is 0 Å². The second-order valence-corrected chi connectivity index (χ2v) is 8.25. The summed E-state index contributed by atoms with van der Waals surface area (Å²) < 4.78 is 1.57. The SMILES string of the molecule is O=C(CC(c1ccccc1)c1ccccc1)NCCn1cnc(C2CCCC2)cc1=O. The Morgan fingerprint density at radius 2 is 1.61 bits per heavy atom. The molecule has 3 aromatic rings. The van der Waals surface area contributed by atoms with Crippen LogP contribution in [0.15, 0.2) is 77.9 Å². The fraction of sp³-hybridized carbons (Fsp3) is 0.346. The Balaban J connectivity index is 1.35. The van der Waals surface area contributed by atoms with Gasteiger partial charge >= 0.3 is 0 Å². The highest BCUT2D eigenvalue weighted by molar-refractivity contribution is 5.77. The Labute approximate surface area is 183 Å². The van der Waals surface area contributed by atoms with E-state index in [4.69, 9.17) is 0 Å². The van der Waals surface area contributed by atoms with Crippen molar-refractivity contribution in [1.29, 1.82) is 0 Å². The number of nitrogens with one attached hydrogen (secondary N) is 1. The second-order valence-electron chi connectivity index (χ2n) is 8.25. The van der Waals surface area contributed by atoms with Crippen molar-refractivity contribution in [2.24, 2.45) is 0 Å². The van der Waals surface area contributed by atoms with Crippen molar-refractivity contribution in [3.63, 3.8) is 0 Å². The number of nitrogens with zero attached hydrogens (tertiary/aromatic N) is 2. The largest absolute Gasteiger partial charge is 0.354 e. The van der Waals surface area contributed by atoms with Crippen LogP contribution >= 0.6 is 0 Å². The number of hydrogen-bond acceptors (Lipinski definition) is 3. The van der Waals surface area contributed by atoms with Gasteiger partial charge in [-0.05, 0) is 24.0 Å². The standard InChI is InChI=1S/C26H29N3O2/c30-25(17-23(20-9-3-1-4-10-20)21-11-5-2-6-12-21)27-15-16-29-19-28-24(18-26(29)31)22-13-7-8-14-22/h1-6,9-12,18-19,22-23H,7-8,13-17H2,(H,27,30). The van der Waals surface area contributed by atoms with Gasteiger partial charge in [-0.2, -0.15) is 0 Å². The Morgan fingerprint density at radius 3 is 2.19 bits per heavy atom. The first-order chi connectivity index (χ1) is 15.2. The molecule has 1 aliphatic rings. The maximum absolute atomic E-state index is 12.7. The molecule has 4 rings (SSSR count). The van der Waals surface area contributed by atoms with E-state index in [0.717, 1.165) is 29.7 Å². The van der Waals surface area contributed by atoms with Gasteiger partial charge in [-0.15, -0.1) is 0 Å². The van der Waals surface area contributed by atoms with Crippen molar-refractivity contribution < 1.29 is 4.79 Å². The first-order valence-electron chi connectivity index (χ1n) is 11.1. The van der Waals surface area contributed by atoms with Crippen LogP contribution in [0.3, 0.4) is 0 Å². The number of rotatable bonds is 8. The Kier molecular flexibility index (Phi) is 6.92. The van der Waals surface area contributed by atoms with Crippen molar-refractivity contribution >= 4 is 5.91 Å². The molecule has 1 aromatic heterocycles. The molecule has 5 heteroatoms. The number of carbonyl (C=O) groups is 1. The smallest absolute Gasteiger partial charge is 0.253 e. The summed E-state index contributed by atoms with van der Waals surface area (Å²) in [7, 11) is 0. The van der Waals surface area contributed by atoms with E-state index in [9.17, 15) is 9.59 Å². The van der Waals surface area contributed by atoms with E-state index in [1.807, 2.05) is 36.4 Å². The highest BCUT2D eigenvalue weighted by Gasteiger charge is 2.19. The molecule has 1 N–H and O–H groups in total. The molecular formula is C26H29N3O2. The molecule has 160 valence electrons.